The van der Waals surface area contributed by atoms with Crippen LogP contribution in [0.25, 0.3) is 10.8 Å². The van der Waals surface area contributed by atoms with E-state index in [9.17, 15) is 14.4 Å². The fourth-order valence-electron chi connectivity index (χ4n) is 2.66. The number of nitrogens with one attached hydrogen (secondary N) is 1. The molecule has 0 radical (unpaired) electrons. The predicted molar refractivity (Wildman–Crippen MR) is 107 cm³/mol. The third-order valence-corrected chi connectivity index (χ3v) is 4.32. The predicted octanol–water partition coefficient (Wildman–Crippen LogP) is 3.43. The number of amides is 1. The van der Waals surface area contributed by atoms with Crippen molar-refractivity contribution in [2.45, 2.75) is 19.9 Å². The van der Waals surface area contributed by atoms with Crippen LogP contribution in [0.15, 0.2) is 53.3 Å². The normalized spacial score (nSPS) is 10.9. The Balaban J connectivity index is 1.82. The first-order valence-electron chi connectivity index (χ1n) is 8.61. The van der Waals surface area contributed by atoms with Crippen molar-refractivity contribution in [3.05, 3.63) is 69.6 Å². The highest BCUT2D eigenvalue weighted by atomic mass is 35.5. The van der Waals surface area contributed by atoms with Gasteiger partial charge in [0.1, 0.15) is 0 Å². The summed E-state index contributed by atoms with van der Waals surface area (Å²) in [5.74, 6) is -1.33. The molecule has 1 amide bonds. The molecule has 0 spiro atoms. The van der Waals surface area contributed by atoms with Crippen molar-refractivity contribution in [3.63, 3.8) is 0 Å². The Morgan fingerprint density at radius 1 is 1.11 bits per heavy atom. The first kappa shape index (κ1) is 19.6. The van der Waals surface area contributed by atoms with Crippen LogP contribution < -0.4 is 10.9 Å². The molecule has 0 aliphatic carbocycles. The van der Waals surface area contributed by atoms with Crippen molar-refractivity contribution in [1.29, 1.82) is 0 Å². The van der Waals surface area contributed by atoms with E-state index in [4.69, 9.17) is 16.3 Å². The quantitative estimate of drug-likeness (QED) is 0.664. The van der Waals surface area contributed by atoms with Crippen LogP contribution in [-0.2, 0) is 9.53 Å². The van der Waals surface area contributed by atoms with E-state index in [-0.39, 0.29) is 17.3 Å². The van der Waals surface area contributed by atoms with Gasteiger partial charge in [-0.25, -0.2) is 9.48 Å². The van der Waals surface area contributed by atoms with E-state index in [1.54, 1.807) is 62.4 Å². The molecule has 0 aliphatic rings. The number of nitrogens with zero attached hydrogens (tertiary/aromatic N) is 2. The number of benzene rings is 2. The van der Waals surface area contributed by atoms with Crippen molar-refractivity contribution in [2.24, 2.45) is 0 Å². The number of carbonyl (C=O) groups excluding carboxylic acids is 2. The zero-order valence-corrected chi connectivity index (χ0v) is 16.1. The van der Waals surface area contributed by atoms with Crippen LogP contribution >= 0.6 is 11.6 Å². The number of esters is 1. The van der Waals surface area contributed by atoms with Gasteiger partial charge in [0.15, 0.2) is 12.3 Å². The third-order valence-electron chi connectivity index (χ3n) is 3.99. The van der Waals surface area contributed by atoms with E-state index in [0.29, 0.717) is 21.5 Å². The van der Waals surface area contributed by atoms with Crippen LogP contribution in [0.2, 0.25) is 5.02 Å². The van der Waals surface area contributed by atoms with Crippen molar-refractivity contribution < 1.29 is 14.3 Å². The monoisotopic (exact) mass is 399 g/mol. The van der Waals surface area contributed by atoms with Crippen LogP contribution in [0, 0.1) is 0 Å². The van der Waals surface area contributed by atoms with Crippen molar-refractivity contribution in [3.8, 4) is 0 Å². The fourth-order valence-corrected chi connectivity index (χ4v) is 2.84. The first-order chi connectivity index (χ1) is 13.4. The molecule has 1 N–H and O–H groups in total. The number of aromatic nitrogens is 2. The van der Waals surface area contributed by atoms with E-state index in [1.807, 2.05) is 0 Å². The van der Waals surface area contributed by atoms with E-state index < -0.39 is 18.5 Å². The number of hydrogen-bond donors (Lipinski definition) is 1. The molecule has 144 valence electrons. The van der Waals surface area contributed by atoms with Gasteiger partial charge < -0.3 is 10.1 Å². The molecule has 8 heteroatoms. The summed E-state index contributed by atoms with van der Waals surface area (Å²) < 4.78 is 6.34. The summed E-state index contributed by atoms with van der Waals surface area (Å²) in [5, 5.41) is 7.83. The SMILES string of the molecule is CC(C)n1nc(C(=O)OCC(=O)Nc2ccccc2Cl)c2ccccc2c1=O. The molecule has 0 saturated heterocycles. The molecule has 0 atom stereocenters. The molecule has 0 bridgehead atoms. The number of fused-ring (bicyclic) bond motifs is 1. The second-order valence-electron chi connectivity index (χ2n) is 6.34. The van der Waals surface area contributed by atoms with Crippen molar-refractivity contribution >= 4 is 39.9 Å². The van der Waals surface area contributed by atoms with Gasteiger partial charge in [-0.1, -0.05) is 41.9 Å². The standard InChI is InChI=1S/C20H18ClN3O4/c1-12(2)24-19(26)14-8-4-3-7-13(14)18(23-24)20(27)28-11-17(25)22-16-10-6-5-9-15(16)21/h3-10,12H,11H2,1-2H3,(H,22,25). The molecular weight excluding hydrogens is 382 g/mol. The Hall–Kier alpha value is -3.19. The molecule has 3 aromatic rings. The average Bonchev–Trinajstić information content (AvgIpc) is 2.68. The van der Waals surface area contributed by atoms with Crippen LogP contribution in [-0.4, -0.2) is 28.3 Å². The molecular formula is C20H18ClN3O4. The van der Waals surface area contributed by atoms with E-state index in [0.717, 1.165) is 0 Å². The van der Waals surface area contributed by atoms with Crippen molar-refractivity contribution in [1.82, 2.24) is 9.78 Å². The largest absolute Gasteiger partial charge is 0.451 e. The number of anilines is 1. The zero-order chi connectivity index (χ0) is 20.3. The van der Waals surface area contributed by atoms with Crippen LogP contribution in [0.5, 0.6) is 0 Å². The molecule has 0 aliphatic heterocycles. The van der Waals surface area contributed by atoms with Gasteiger partial charge in [-0.3, -0.25) is 9.59 Å². The van der Waals surface area contributed by atoms with Crippen molar-refractivity contribution in [2.75, 3.05) is 11.9 Å². The lowest BCUT2D eigenvalue weighted by molar-refractivity contribution is -0.119. The Kier molecular flexibility index (Phi) is 5.75. The van der Waals surface area contributed by atoms with Gasteiger partial charge in [0.05, 0.1) is 22.1 Å². The van der Waals surface area contributed by atoms with Gasteiger partial charge in [0.25, 0.3) is 11.5 Å². The average molecular weight is 400 g/mol. The van der Waals surface area contributed by atoms with E-state index in [1.165, 1.54) is 4.68 Å². The summed E-state index contributed by atoms with van der Waals surface area (Å²) in [6.45, 7) is 3.06. The first-order valence-corrected chi connectivity index (χ1v) is 8.99. The summed E-state index contributed by atoms with van der Waals surface area (Å²) in [4.78, 5) is 37.2. The topological polar surface area (TPSA) is 90.3 Å². The van der Waals surface area contributed by atoms with Crippen LogP contribution in [0.1, 0.15) is 30.4 Å². The van der Waals surface area contributed by atoms with Gasteiger partial charge >= 0.3 is 5.97 Å². The zero-order valence-electron chi connectivity index (χ0n) is 15.3. The van der Waals surface area contributed by atoms with Crippen LogP contribution in [0.3, 0.4) is 0 Å². The summed E-state index contributed by atoms with van der Waals surface area (Å²) >= 11 is 5.99. The Morgan fingerprint density at radius 3 is 2.43 bits per heavy atom. The minimum Gasteiger partial charge on any atom is -0.451 e. The summed E-state index contributed by atoms with van der Waals surface area (Å²) in [7, 11) is 0. The molecule has 1 heterocycles. The number of rotatable bonds is 5. The number of hydrogen-bond acceptors (Lipinski definition) is 5. The van der Waals surface area contributed by atoms with E-state index in [2.05, 4.69) is 10.4 Å². The molecule has 28 heavy (non-hydrogen) atoms. The molecule has 1 aromatic heterocycles. The maximum absolute atomic E-state index is 12.6. The molecule has 0 saturated carbocycles. The molecule has 2 aromatic carbocycles. The summed E-state index contributed by atoms with van der Waals surface area (Å²) in [6.07, 6.45) is 0. The van der Waals surface area contributed by atoms with Gasteiger partial charge in [-0.05, 0) is 32.0 Å². The lowest BCUT2D eigenvalue weighted by Gasteiger charge is -2.13. The number of para-hydroxylation sites is 1. The maximum atomic E-state index is 12.6. The third kappa shape index (κ3) is 4.04. The lowest BCUT2D eigenvalue weighted by Crippen LogP contribution is -2.28. The Morgan fingerprint density at radius 2 is 1.75 bits per heavy atom. The Labute approximate surface area is 165 Å². The Bertz CT molecular complexity index is 1110. The highest BCUT2D eigenvalue weighted by molar-refractivity contribution is 6.33. The van der Waals surface area contributed by atoms with Gasteiger partial charge in [-0.15, -0.1) is 0 Å². The molecule has 3 rings (SSSR count). The second kappa shape index (κ2) is 8.22. The summed E-state index contributed by atoms with van der Waals surface area (Å²) in [5.41, 5.74) is 0.107. The lowest BCUT2D eigenvalue weighted by atomic mass is 10.1. The molecule has 0 fully saturated rings. The van der Waals surface area contributed by atoms with Gasteiger partial charge in [-0.2, -0.15) is 5.10 Å². The summed E-state index contributed by atoms with van der Waals surface area (Å²) in [6, 6.07) is 13.1. The number of ether oxygens (including phenoxy) is 1. The highest BCUT2D eigenvalue weighted by Gasteiger charge is 2.20. The van der Waals surface area contributed by atoms with Gasteiger partial charge in [0.2, 0.25) is 0 Å². The minimum atomic E-state index is -0.792. The van der Waals surface area contributed by atoms with E-state index >= 15 is 0 Å². The van der Waals surface area contributed by atoms with Crippen LogP contribution in [0.4, 0.5) is 5.69 Å². The molecule has 7 nitrogen and oxygen atoms in total. The minimum absolute atomic E-state index is 0.0190. The number of halogens is 1. The highest BCUT2D eigenvalue weighted by Crippen LogP contribution is 2.20. The molecule has 0 unspecified atom stereocenters. The fraction of sp³-hybridized carbons (Fsp3) is 0.200. The maximum Gasteiger partial charge on any atom is 0.359 e. The number of carbonyl (C=O) groups is 2. The van der Waals surface area contributed by atoms with Gasteiger partial charge in [0, 0.05) is 5.39 Å². The second-order valence-corrected chi connectivity index (χ2v) is 6.75. The smallest absolute Gasteiger partial charge is 0.359 e.